The van der Waals surface area contributed by atoms with Crippen LogP contribution in [0, 0.1) is 16.0 Å². The van der Waals surface area contributed by atoms with Crippen LogP contribution in [0.15, 0.2) is 40.5 Å². The van der Waals surface area contributed by atoms with E-state index in [1.807, 2.05) is 0 Å². The average Bonchev–Trinajstić information content (AvgIpc) is 2.67. The molecule has 2 atom stereocenters. The van der Waals surface area contributed by atoms with Crippen molar-refractivity contribution in [1.29, 1.82) is 0 Å². The molecular formula is C19H22N2O7. The highest BCUT2D eigenvalue weighted by Crippen LogP contribution is 2.41. The zero-order valence-corrected chi connectivity index (χ0v) is 16.1. The van der Waals surface area contributed by atoms with Gasteiger partial charge in [0.1, 0.15) is 5.92 Å². The number of esters is 2. The van der Waals surface area contributed by atoms with Gasteiger partial charge in [-0.15, -0.1) is 0 Å². The standard InChI is InChI=1S/C19H22N2O7/c1-5-28-19(23)15-11(2)20-14(10-26-3)17(18(22)27-4)16(15)12-7-6-8-13(9-12)21(24)25/h6-9,15-16H,5,10H2,1-4H3. The average molecular weight is 390 g/mol. The van der Waals surface area contributed by atoms with Gasteiger partial charge in [-0.2, -0.15) is 0 Å². The van der Waals surface area contributed by atoms with Crippen LogP contribution in [0.4, 0.5) is 5.69 Å². The van der Waals surface area contributed by atoms with Crippen LogP contribution in [0.5, 0.6) is 0 Å². The molecule has 0 fully saturated rings. The fourth-order valence-corrected chi connectivity index (χ4v) is 3.26. The molecule has 0 radical (unpaired) electrons. The third kappa shape index (κ3) is 4.25. The first-order valence-electron chi connectivity index (χ1n) is 8.62. The predicted octanol–water partition coefficient (Wildman–Crippen LogP) is 2.41. The summed E-state index contributed by atoms with van der Waals surface area (Å²) in [5, 5.41) is 11.2. The van der Waals surface area contributed by atoms with Crippen LogP contribution in [0.2, 0.25) is 0 Å². The molecular weight excluding hydrogens is 368 g/mol. The number of non-ortho nitro benzene ring substituents is 1. The van der Waals surface area contributed by atoms with Crippen LogP contribution in [-0.2, 0) is 23.8 Å². The van der Waals surface area contributed by atoms with Crippen LogP contribution in [-0.4, -0.2) is 50.0 Å². The van der Waals surface area contributed by atoms with Gasteiger partial charge in [0.05, 0.1) is 36.5 Å². The van der Waals surface area contributed by atoms with E-state index in [9.17, 15) is 19.7 Å². The van der Waals surface area contributed by atoms with Crippen molar-refractivity contribution in [2.75, 3.05) is 27.4 Å². The smallest absolute Gasteiger partial charge is 0.336 e. The fourth-order valence-electron chi connectivity index (χ4n) is 3.26. The van der Waals surface area contributed by atoms with E-state index >= 15 is 0 Å². The summed E-state index contributed by atoms with van der Waals surface area (Å²) in [6.07, 6.45) is 0. The second-order valence-electron chi connectivity index (χ2n) is 6.10. The maximum Gasteiger partial charge on any atom is 0.336 e. The summed E-state index contributed by atoms with van der Waals surface area (Å²) >= 11 is 0. The first-order valence-corrected chi connectivity index (χ1v) is 8.62. The van der Waals surface area contributed by atoms with E-state index in [2.05, 4.69) is 4.99 Å². The molecule has 0 N–H and O–H groups in total. The lowest BCUT2D eigenvalue weighted by atomic mass is 9.75. The summed E-state index contributed by atoms with van der Waals surface area (Å²) in [5.74, 6) is -3.03. The highest BCUT2D eigenvalue weighted by atomic mass is 16.6. The Bertz CT molecular complexity index is 844. The van der Waals surface area contributed by atoms with Crippen molar-refractivity contribution in [3.05, 3.63) is 51.2 Å². The normalized spacial score (nSPS) is 19.1. The Morgan fingerprint density at radius 2 is 2.00 bits per heavy atom. The molecule has 9 heteroatoms. The lowest BCUT2D eigenvalue weighted by molar-refractivity contribution is -0.384. The van der Waals surface area contributed by atoms with Crippen molar-refractivity contribution < 1.29 is 28.7 Å². The Morgan fingerprint density at radius 1 is 1.29 bits per heavy atom. The van der Waals surface area contributed by atoms with E-state index in [1.165, 1.54) is 32.4 Å². The minimum absolute atomic E-state index is 0.0166. The van der Waals surface area contributed by atoms with E-state index < -0.39 is 28.7 Å². The summed E-state index contributed by atoms with van der Waals surface area (Å²) < 4.78 is 15.2. The van der Waals surface area contributed by atoms with Crippen molar-refractivity contribution in [3.8, 4) is 0 Å². The summed E-state index contributed by atoms with van der Waals surface area (Å²) in [7, 11) is 2.67. The fraction of sp³-hybridized carbons (Fsp3) is 0.421. The maximum atomic E-state index is 12.7. The zero-order chi connectivity index (χ0) is 20.8. The number of nitro groups is 1. The first-order chi connectivity index (χ1) is 13.3. The van der Waals surface area contributed by atoms with Crippen molar-refractivity contribution in [2.24, 2.45) is 10.9 Å². The van der Waals surface area contributed by atoms with Gasteiger partial charge in [0, 0.05) is 30.9 Å². The molecule has 28 heavy (non-hydrogen) atoms. The lowest BCUT2D eigenvalue weighted by Crippen LogP contribution is -2.37. The highest BCUT2D eigenvalue weighted by molar-refractivity contribution is 6.07. The molecule has 0 saturated carbocycles. The number of methoxy groups -OCH3 is 2. The molecule has 2 rings (SSSR count). The number of benzene rings is 1. The number of carbonyl (C=O) groups excluding carboxylic acids is 2. The lowest BCUT2D eigenvalue weighted by Gasteiger charge is -2.31. The Labute approximate surface area is 162 Å². The number of nitrogens with zero attached hydrogens (tertiary/aromatic N) is 2. The van der Waals surface area contributed by atoms with Gasteiger partial charge in [0.15, 0.2) is 0 Å². The Hall–Kier alpha value is -3.07. The molecule has 0 aromatic heterocycles. The molecule has 0 spiro atoms. The summed E-state index contributed by atoms with van der Waals surface area (Å²) in [4.78, 5) is 40.3. The number of hydrogen-bond acceptors (Lipinski definition) is 8. The van der Waals surface area contributed by atoms with Crippen LogP contribution >= 0.6 is 0 Å². The largest absolute Gasteiger partial charge is 0.466 e. The SMILES string of the molecule is CCOC(=O)C1C(C)=NC(COC)=C(C(=O)OC)C1c1cccc([N+](=O)[O-])c1. The van der Waals surface area contributed by atoms with E-state index in [0.717, 1.165) is 0 Å². The van der Waals surface area contributed by atoms with Crippen molar-refractivity contribution in [3.63, 3.8) is 0 Å². The van der Waals surface area contributed by atoms with Gasteiger partial charge in [-0.3, -0.25) is 19.9 Å². The number of ether oxygens (including phenoxy) is 3. The van der Waals surface area contributed by atoms with Gasteiger partial charge in [0.25, 0.3) is 5.69 Å². The topological polar surface area (TPSA) is 117 Å². The number of hydrogen-bond donors (Lipinski definition) is 0. The van der Waals surface area contributed by atoms with Crippen LogP contribution in [0.1, 0.15) is 25.3 Å². The van der Waals surface area contributed by atoms with Crippen LogP contribution < -0.4 is 0 Å². The molecule has 2 unspecified atom stereocenters. The first kappa shape index (κ1) is 21.2. The molecule has 1 aromatic rings. The molecule has 0 amide bonds. The summed E-state index contributed by atoms with van der Waals surface area (Å²) in [6.45, 7) is 3.48. The van der Waals surface area contributed by atoms with Gasteiger partial charge in [-0.05, 0) is 19.4 Å². The number of nitro benzene ring substituents is 1. The minimum Gasteiger partial charge on any atom is -0.466 e. The van der Waals surface area contributed by atoms with Gasteiger partial charge in [-0.1, -0.05) is 12.1 Å². The molecule has 1 aromatic carbocycles. The van der Waals surface area contributed by atoms with Gasteiger partial charge < -0.3 is 14.2 Å². The number of rotatable bonds is 7. The van der Waals surface area contributed by atoms with Gasteiger partial charge >= 0.3 is 11.9 Å². The molecule has 150 valence electrons. The molecule has 9 nitrogen and oxygen atoms in total. The predicted molar refractivity (Wildman–Crippen MR) is 100.0 cm³/mol. The molecule has 1 aliphatic heterocycles. The Kier molecular flexibility index (Phi) is 7.00. The Balaban J connectivity index is 2.74. The van der Waals surface area contributed by atoms with E-state index in [0.29, 0.717) is 17.0 Å². The van der Waals surface area contributed by atoms with E-state index in [4.69, 9.17) is 14.2 Å². The quantitative estimate of drug-likeness (QED) is 0.398. The summed E-state index contributed by atoms with van der Waals surface area (Å²) in [5.41, 5.74) is 1.11. The minimum atomic E-state index is -0.920. The maximum absolute atomic E-state index is 12.7. The second-order valence-corrected chi connectivity index (χ2v) is 6.10. The highest BCUT2D eigenvalue weighted by Gasteiger charge is 2.43. The third-order valence-electron chi connectivity index (χ3n) is 4.38. The summed E-state index contributed by atoms with van der Waals surface area (Å²) in [6, 6.07) is 5.80. The van der Waals surface area contributed by atoms with Crippen molar-refractivity contribution >= 4 is 23.3 Å². The van der Waals surface area contributed by atoms with Gasteiger partial charge in [0.2, 0.25) is 0 Å². The van der Waals surface area contributed by atoms with Crippen molar-refractivity contribution in [1.82, 2.24) is 0 Å². The monoisotopic (exact) mass is 390 g/mol. The van der Waals surface area contributed by atoms with Crippen LogP contribution in [0.3, 0.4) is 0 Å². The second kappa shape index (κ2) is 9.23. The molecule has 1 aliphatic rings. The van der Waals surface area contributed by atoms with Crippen molar-refractivity contribution in [2.45, 2.75) is 19.8 Å². The molecule has 0 saturated heterocycles. The molecule has 1 heterocycles. The van der Waals surface area contributed by atoms with Gasteiger partial charge in [-0.25, -0.2) is 4.79 Å². The Morgan fingerprint density at radius 3 is 2.57 bits per heavy atom. The van der Waals surface area contributed by atoms with Crippen LogP contribution in [0.25, 0.3) is 0 Å². The van der Waals surface area contributed by atoms with E-state index in [-0.39, 0.29) is 24.5 Å². The number of aliphatic imine (C=N–C) groups is 1. The third-order valence-corrected chi connectivity index (χ3v) is 4.38. The molecule has 0 bridgehead atoms. The zero-order valence-electron chi connectivity index (χ0n) is 16.1. The molecule has 0 aliphatic carbocycles. The number of carbonyl (C=O) groups is 2. The van der Waals surface area contributed by atoms with E-state index in [1.54, 1.807) is 19.9 Å².